The second-order valence-corrected chi connectivity index (χ2v) is 9.38. The third-order valence-electron chi connectivity index (χ3n) is 5.71. The second-order valence-electron chi connectivity index (χ2n) is 7.70. The van der Waals surface area contributed by atoms with E-state index in [1.807, 2.05) is 4.90 Å². The topological polar surface area (TPSA) is 75.7 Å². The van der Waals surface area contributed by atoms with E-state index in [1.165, 1.54) is 12.1 Å². The van der Waals surface area contributed by atoms with E-state index in [2.05, 4.69) is 4.72 Å². The van der Waals surface area contributed by atoms with E-state index in [-0.39, 0.29) is 29.1 Å². The molecule has 4 rings (SSSR count). The molecular weight excluding hydrogens is 407 g/mol. The maximum Gasteiger partial charge on any atom is 0.262 e. The Morgan fingerprint density at radius 1 is 1.20 bits per heavy atom. The summed E-state index contributed by atoms with van der Waals surface area (Å²) in [7, 11) is -3.95. The number of amides is 1. The minimum Gasteiger partial charge on any atom is -0.491 e. The molecule has 0 radical (unpaired) electrons. The van der Waals surface area contributed by atoms with Crippen LogP contribution < -0.4 is 14.4 Å². The van der Waals surface area contributed by atoms with Crippen molar-refractivity contribution in [2.45, 2.75) is 43.9 Å². The number of rotatable bonds is 6. The fourth-order valence-corrected chi connectivity index (χ4v) is 5.28. The van der Waals surface area contributed by atoms with Crippen LogP contribution in [0.2, 0.25) is 0 Å². The average Bonchev–Trinajstić information content (AvgIpc) is 3.38. The molecule has 2 aromatic rings. The average molecular weight is 433 g/mol. The summed E-state index contributed by atoms with van der Waals surface area (Å²) < 4.78 is 47.1. The number of sulfonamides is 1. The molecule has 1 N–H and O–H groups in total. The van der Waals surface area contributed by atoms with Crippen LogP contribution in [0.25, 0.3) is 0 Å². The third kappa shape index (κ3) is 4.01. The van der Waals surface area contributed by atoms with Crippen molar-refractivity contribution in [3.8, 4) is 5.75 Å². The number of fused-ring (bicyclic) bond motifs is 1. The van der Waals surface area contributed by atoms with Crippen LogP contribution in [0.15, 0.2) is 41.3 Å². The van der Waals surface area contributed by atoms with Gasteiger partial charge in [-0.1, -0.05) is 12.8 Å². The Kier molecular flexibility index (Phi) is 5.69. The van der Waals surface area contributed by atoms with Gasteiger partial charge < -0.3 is 9.64 Å². The van der Waals surface area contributed by atoms with Gasteiger partial charge >= 0.3 is 0 Å². The molecule has 1 heterocycles. The second kappa shape index (κ2) is 8.26. The Morgan fingerprint density at radius 2 is 1.97 bits per heavy atom. The number of benzene rings is 2. The standard InChI is InChI=1S/C22H25FN2O4S/c1-2-29-21-10-8-18(14-19(21)23)30(27,28)24-17-7-9-20-16(13-17)11-12-25(20)22(26)15-5-3-4-6-15/h7-10,13-15,24H,2-6,11-12H2,1H3. The molecule has 2 aromatic carbocycles. The predicted molar refractivity (Wildman–Crippen MR) is 113 cm³/mol. The fraction of sp³-hybridized carbons (Fsp3) is 0.409. The van der Waals surface area contributed by atoms with Gasteiger partial charge in [0.25, 0.3) is 10.0 Å². The Hall–Kier alpha value is -2.61. The van der Waals surface area contributed by atoms with Gasteiger partial charge in [0.1, 0.15) is 0 Å². The Morgan fingerprint density at radius 3 is 2.67 bits per heavy atom. The van der Waals surface area contributed by atoms with Crippen LogP contribution in [0, 0.1) is 11.7 Å². The quantitative estimate of drug-likeness (QED) is 0.746. The van der Waals surface area contributed by atoms with Crippen molar-refractivity contribution in [2.75, 3.05) is 22.8 Å². The van der Waals surface area contributed by atoms with E-state index in [4.69, 9.17) is 4.74 Å². The maximum atomic E-state index is 14.1. The normalized spacial score (nSPS) is 16.5. The number of carbonyl (C=O) groups excluding carboxylic acids is 1. The van der Waals surface area contributed by atoms with Crippen LogP contribution >= 0.6 is 0 Å². The number of carbonyl (C=O) groups is 1. The Labute approximate surface area is 176 Å². The number of hydrogen-bond acceptors (Lipinski definition) is 4. The molecule has 0 atom stereocenters. The monoisotopic (exact) mass is 432 g/mol. The van der Waals surface area contributed by atoms with Crippen LogP contribution in [0.4, 0.5) is 15.8 Å². The number of anilines is 2. The minimum atomic E-state index is -3.95. The van der Waals surface area contributed by atoms with E-state index in [0.717, 1.165) is 43.0 Å². The zero-order chi connectivity index (χ0) is 21.3. The number of nitrogens with one attached hydrogen (secondary N) is 1. The summed E-state index contributed by atoms with van der Waals surface area (Å²) >= 11 is 0. The van der Waals surface area contributed by atoms with Gasteiger partial charge in [0.2, 0.25) is 5.91 Å². The molecule has 1 aliphatic heterocycles. The van der Waals surface area contributed by atoms with E-state index in [0.29, 0.717) is 18.7 Å². The number of hydrogen-bond donors (Lipinski definition) is 1. The van der Waals surface area contributed by atoms with Crippen LogP contribution in [0.1, 0.15) is 38.2 Å². The highest BCUT2D eigenvalue weighted by atomic mass is 32.2. The summed E-state index contributed by atoms with van der Waals surface area (Å²) in [5, 5.41) is 0. The first kappa shape index (κ1) is 20.7. The Bertz CT molecular complexity index is 1060. The zero-order valence-electron chi connectivity index (χ0n) is 16.9. The lowest BCUT2D eigenvalue weighted by Gasteiger charge is -2.21. The van der Waals surface area contributed by atoms with Crippen LogP contribution in [-0.4, -0.2) is 27.5 Å². The highest BCUT2D eigenvalue weighted by Gasteiger charge is 2.32. The van der Waals surface area contributed by atoms with Gasteiger partial charge in [0.15, 0.2) is 11.6 Å². The molecule has 160 valence electrons. The van der Waals surface area contributed by atoms with Crippen LogP contribution in [0.3, 0.4) is 0 Å². The summed E-state index contributed by atoms with van der Waals surface area (Å²) in [5.41, 5.74) is 2.17. The largest absolute Gasteiger partial charge is 0.491 e. The number of halogens is 1. The van der Waals surface area contributed by atoms with Crippen molar-refractivity contribution in [1.29, 1.82) is 0 Å². The molecule has 0 aromatic heterocycles. The van der Waals surface area contributed by atoms with Crippen molar-refractivity contribution in [3.05, 3.63) is 47.8 Å². The highest BCUT2D eigenvalue weighted by Crippen LogP contribution is 2.35. The van der Waals surface area contributed by atoms with Gasteiger partial charge in [-0.25, -0.2) is 12.8 Å². The molecule has 6 nitrogen and oxygen atoms in total. The van der Waals surface area contributed by atoms with Crippen LogP contribution in [0.5, 0.6) is 5.75 Å². The molecule has 1 saturated carbocycles. The molecular formula is C22H25FN2O4S. The SMILES string of the molecule is CCOc1ccc(S(=O)(=O)Nc2ccc3c(c2)CCN3C(=O)C2CCCC2)cc1F. The fourth-order valence-electron chi connectivity index (χ4n) is 4.22. The number of ether oxygens (including phenoxy) is 1. The molecule has 0 bridgehead atoms. The van der Waals surface area contributed by atoms with Crippen molar-refractivity contribution < 1.29 is 22.3 Å². The van der Waals surface area contributed by atoms with Crippen molar-refractivity contribution in [3.63, 3.8) is 0 Å². The van der Waals surface area contributed by atoms with Crippen molar-refractivity contribution >= 4 is 27.3 Å². The molecule has 0 unspecified atom stereocenters. The van der Waals surface area contributed by atoms with E-state index in [9.17, 15) is 17.6 Å². The molecule has 30 heavy (non-hydrogen) atoms. The third-order valence-corrected chi connectivity index (χ3v) is 7.09. The molecule has 1 aliphatic carbocycles. The van der Waals surface area contributed by atoms with Gasteiger partial charge in [-0.05, 0) is 68.1 Å². The predicted octanol–water partition coefficient (Wildman–Crippen LogP) is 4.10. The zero-order valence-corrected chi connectivity index (χ0v) is 17.7. The summed E-state index contributed by atoms with van der Waals surface area (Å²) in [6.45, 7) is 2.63. The molecule has 8 heteroatoms. The highest BCUT2D eigenvalue weighted by molar-refractivity contribution is 7.92. The van der Waals surface area contributed by atoms with Gasteiger partial charge in [0.05, 0.1) is 11.5 Å². The lowest BCUT2D eigenvalue weighted by atomic mass is 10.1. The van der Waals surface area contributed by atoms with Gasteiger partial charge in [-0.15, -0.1) is 0 Å². The molecule has 2 aliphatic rings. The first-order valence-corrected chi connectivity index (χ1v) is 11.8. The summed E-state index contributed by atoms with van der Waals surface area (Å²) in [4.78, 5) is 14.4. The molecule has 0 spiro atoms. The maximum absolute atomic E-state index is 14.1. The lowest BCUT2D eigenvalue weighted by Crippen LogP contribution is -2.33. The first-order chi connectivity index (χ1) is 14.4. The lowest BCUT2D eigenvalue weighted by molar-refractivity contribution is -0.122. The Balaban J connectivity index is 1.52. The van der Waals surface area contributed by atoms with E-state index in [1.54, 1.807) is 25.1 Å². The molecule has 0 saturated heterocycles. The summed E-state index contributed by atoms with van der Waals surface area (Å²) in [6.07, 6.45) is 4.78. The van der Waals surface area contributed by atoms with Gasteiger partial charge in [-0.2, -0.15) is 0 Å². The molecule has 1 amide bonds. The first-order valence-electron chi connectivity index (χ1n) is 10.3. The summed E-state index contributed by atoms with van der Waals surface area (Å²) in [6, 6.07) is 8.74. The smallest absolute Gasteiger partial charge is 0.262 e. The summed E-state index contributed by atoms with van der Waals surface area (Å²) in [5.74, 6) is -0.441. The minimum absolute atomic E-state index is 0.0148. The van der Waals surface area contributed by atoms with Crippen LogP contribution in [-0.2, 0) is 21.2 Å². The van der Waals surface area contributed by atoms with E-state index >= 15 is 0 Å². The van der Waals surface area contributed by atoms with Crippen molar-refractivity contribution in [1.82, 2.24) is 0 Å². The number of nitrogens with zero attached hydrogens (tertiary/aromatic N) is 1. The van der Waals surface area contributed by atoms with Gasteiger partial charge in [-0.3, -0.25) is 9.52 Å². The van der Waals surface area contributed by atoms with E-state index < -0.39 is 15.8 Å². The molecule has 1 fully saturated rings. The van der Waals surface area contributed by atoms with Crippen molar-refractivity contribution in [2.24, 2.45) is 5.92 Å². The van der Waals surface area contributed by atoms with Gasteiger partial charge in [0, 0.05) is 23.8 Å².